The third kappa shape index (κ3) is 5.84. The van der Waals surface area contributed by atoms with E-state index >= 15 is 0 Å². The Kier molecular flexibility index (Phi) is 8.34. The smallest absolute Gasteiger partial charge is 0.155 e. The highest BCUT2D eigenvalue weighted by Gasteiger charge is 2.39. The van der Waals surface area contributed by atoms with E-state index in [0.717, 1.165) is 17.6 Å². The van der Waals surface area contributed by atoms with Crippen molar-refractivity contribution in [1.82, 2.24) is 9.80 Å². The summed E-state index contributed by atoms with van der Waals surface area (Å²) >= 11 is 0. The molecule has 0 aromatic heterocycles. The molecule has 1 atom stereocenters. The Hall–Kier alpha value is -1.34. The van der Waals surface area contributed by atoms with Crippen LogP contribution in [0.4, 0.5) is 0 Å². The summed E-state index contributed by atoms with van der Waals surface area (Å²) < 4.78 is 0. The van der Waals surface area contributed by atoms with E-state index in [-0.39, 0.29) is 5.41 Å². The molecule has 1 heterocycles. The summed E-state index contributed by atoms with van der Waals surface area (Å²) in [5.41, 5.74) is -0.799. The van der Waals surface area contributed by atoms with Gasteiger partial charge >= 0.3 is 0 Å². The Bertz CT molecular complexity index is 544. The Morgan fingerprint density at radius 2 is 1.27 bits per heavy atom. The van der Waals surface area contributed by atoms with Crippen molar-refractivity contribution < 1.29 is 5.11 Å². The molecule has 2 rings (SSSR count). The van der Waals surface area contributed by atoms with Crippen LogP contribution < -0.4 is 0 Å². The van der Waals surface area contributed by atoms with Crippen molar-refractivity contribution >= 4 is 0 Å². The van der Waals surface area contributed by atoms with Gasteiger partial charge in [-0.15, -0.1) is 6.42 Å². The Balaban J connectivity index is 0.000000263. The van der Waals surface area contributed by atoms with Crippen molar-refractivity contribution in [2.24, 2.45) is 5.41 Å². The van der Waals surface area contributed by atoms with Crippen LogP contribution in [-0.4, -0.2) is 53.2 Å². The third-order valence-corrected chi connectivity index (χ3v) is 5.30. The Morgan fingerprint density at radius 1 is 0.885 bits per heavy atom. The maximum atomic E-state index is 10.4. The van der Waals surface area contributed by atoms with Gasteiger partial charge < -0.3 is 5.11 Å². The fourth-order valence-corrected chi connectivity index (χ4v) is 3.18. The molecule has 0 amide bonds. The van der Waals surface area contributed by atoms with E-state index < -0.39 is 5.60 Å². The van der Waals surface area contributed by atoms with Gasteiger partial charge in [-0.1, -0.05) is 57.0 Å². The molecule has 3 nitrogen and oxygen atoms in total. The Morgan fingerprint density at radius 3 is 1.54 bits per heavy atom. The molecule has 0 radical (unpaired) electrons. The molecular formula is C23H38N2O. The predicted molar refractivity (Wildman–Crippen MR) is 112 cm³/mol. The van der Waals surface area contributed by atoms with Gasteiger partial charge in [0.2, 0.25) is 0 Å². The molecule has 1 aromatic carbocycles. The van der Waals surface area contributed by atoms with Gasteiger partial charge in [-0.3, -0.25) is 9.80 Å². The maximum absolute atomic E-state index is 10.4. The van der Waals surface area contributed by atoms with Crippen molar-refractivity contribution in [3.8, 4) is 12.3 Å². The summed E-state index contributed by atoms with van der Waals surface area (Å²) in [5.74, 6) is 2.49. The zero-order valence-electron chi connectivity index (χ0n) is 17.8. The second kappa shape index (κ2) is 9.55. The highest BCUT2D eigenvalue weighted by atomic mass is 16.3. The number of aliphatic hydroxyl groups is 1. The van der Waals surface area contributed by atoms with Gasteiger partial charge in [-0.25, -0.2) is 0 Å². The number of nitrogens with zero attached hydrogens (tertiary/aromatic N) is 2. The van der Waals surface area contributed by atoms with Crippen LogP contribution in [0.3, 0.4) is 0 Å². The number of piperazine rings is 1. The molecule has 1 aliphatic rings. The molecule has 1 aliphatic heterocycles. The molecule has 0 saturated carbocycles. The van der Waals surface area contributed by atoms with E-state index in [0.29, 0.717) is 0 Å². The van der Waals surface area contributed by atoms with Gasteiger partial charge in [0.05, 0.1) is 0 Å². The zero-order valence-corrected chi connectivity index (χ0v) is 17.8. The van der Waals surface area contributed by atoms with Crippen LogP contribution >= 0.6 is 0 Å². The van der Waals surface area contributed by atoms with Gasteiger partial charge in [0, 0.05) is 43.7 Å². The lowest BCUT2D eigenvalue weighted by Crippen LogP contribution is -2.50. The molecule has 1 unspecified atom stereocenters. The van der Waals surface area contributed by atoms with Crippen LogP contribution in [0.25, 0.3) is 0 Å². The average Bonchev–Trinajstić information content (AvgIpc) is 2.61. The lowest BCUT2D eigenvalue weighted by atomic mass is 9.73. The van der Waals surface area contributed by atoms with E-state index in [9.17, 15) is 5.11 Å². The van der Waals surface area contributed by atoms with Crippen molar-refractivity contribution in [3.63, 3.8) is 0 Å². The van der Waals surface area contributed by atoms with Crippen LogP contribution in [0, 0.1) is 17.8 Å². The van der Waals surface area contributed by atoms with Crippen LogP contribution in [0.5, 0.6) is 0 Å². The van der Waals surface area contributed by atoms with Crippen LogP contribution in [0.1, 0.15) is 54.0 Å². The second-order valence-electron chi connectivity index (χ2n) is 8.73. The quantitative estimate of drug-likeness (QED) is 0.828. The topological polar surface area (TPSA) is 26.7 Å². The van der Waals surface area contributed by atoms with Gasteiger partial charge in [0.15, 0.2) is 5.60 Å². The monoisotopic (exact) mass is 358 g/mol. The first kappa shape index (κ1) is 22.7. The van der Waals surface area contributed by atoms with E-state index in [1.165, 1.54) is 26.2 Å². The molecule has 146 valence electrons. The predicted octanol–water partition coefficient (Wildman–Crippen LogP) is 3.97. The molecular weight excluding hydrogens is 320 g/mol. The molecule has 1 saturated heterocycles. The summed E-state index contributed by atoms with van der Waals surface area (Å²) in [7, 11) is 0. The van der Waals surface area contributed by atoms with Gasteiger partial charge in [0.1, 0.15) is 0 Å². The maximum Gasteiger partial charge on any atom is 0.155 e. The number of hydrogen-bond donors (Lipinski definition) is 1. The van der Waals surface area contributed by atoms with Gasteiger partial charge in [0.25, 0.3) is 0 Å². The lowest BCUT2D eigenvalue weighted by molar-refractivity contribution is -0.00885. The molecule has 1 fully saturated rings. The third-order valence-electron chi connectivity index (χ3n) is 5.30. The van der Waals surface area contributed by atoms with Gasteiger partial charge in [-0.05, 0) is 33.3 Å². The molecule has 3 heteroatoms. The molecule has 0 aliphatic carbocycles. The second-order valence-corrected chi connectivity index (χ2v) is 8.73. The van der Waals surface area contributed by atoms with Crippen LogP contribution in [0.2, 0.25) is 0 Å². The largest absolute Gasteiger partial charge is 0.373 e. The summed E-state index contributed by atoms with van der Waals surface area (Å²) in [6.45, 7) is 19.9. The van der Waals surface area contributed by atoms with Crippen molar-refractivity contribution in [2.75, 3.05) is 26.2 Å². The number of rotatable bonds is 3. The zero-order chi connectivity index (χ0) is 20.0. The minimum absolute atomic E-state index is 0.372. The molecule has 1 N–H and O–H groups in total. The first-order chi connectivity index (χ1) is 12.0. The van der Waals surface area contributed by atoms with E-state index in [4.69, 9.17) is 6.42 Å². The van der Waals surface area contributed by atoms with E-state index in [1.54, 1.807) is 0 Å². The fraction of sp³-hybridized carbons (Fsp3) is 0.652. The molecule has 0 bridgehead atoms. The fourth-order valence-electron chi connectivity index (χ4n) is 3.18. The molecule has 26 heavy (non-hydrogen) atoms. The summed E-state index contributed by atoms with van der Waals surface area (Å²) in [4.78, 5) is 5.11. The van der Waals surface area contributed by atoms with Crippen molar-refractivity contribution in [3.05, 3.63) is 35.9 Å². The molecule has 1 aromatic rings. The Labute approximate surface area is 161 Å². The minimum Gasteiger partial charge on any atom is -0.373 e. The van der Waals surface area contributed by atoms with Gasteiger partial charge in [-0.2, -0.15) is 0 Å². The number of benzene rings is 1. The van der Waals surface area contributed by atoms with Crippen molar-refractivity contribution in [1.29, 1.82) is 0 Å². The highest BCUT2D eigenvalue weighted by molar-refractivity contribution is 5.32. The van der Waals surface area contributed by atoms with Crippen LogP contribution in [-0.2, 0) is 5.60 Å². The highest BCUT2D eigenvalue weighted by Crippen LogP contribution is 2.38. The normalized spacial score (nSPS) is 18.8. The average molecular weight is 359 g/mol. The number of hydrogen-bond acceptors (Lipinski definition) is 3. The summed E-state index contributed by atoms with van der Waals surface area (Å²) in [5, 5.41) is 10.4. The standard InChI is InChI=1S/C13H16O.C10H22N2/c1-5-13(14,12(2,3)4)11-9-7-6-8-10-11;1-9(2)11-5-7-12(8-6-11)10(3)4/h1,6-10,14H,2-4H3;9-10H,5-8H2,1-4H3. The first-order valence-electron chi connectivity index (χ1n) is 9.76. The van der Waals surface area contributed by atoms with E-state index in [2.05, 4.69) is 43.4 Å². The van der Waals surface area contributed by atoms with Crippen LogP contribution in [0.15, 0.2) is 30.3 Å². The summed E-state index contributed by atoms with van der Waals surface area (Å²) in [6, 6.07) is 10.8. The first-order valence-corrected chi connectivity index (χ1v) is 9.76. The number of terminal acetylenes is 1. The van der Waals surface area contributed by atoms with Crippen molar-refractivity contribution in [2.45, 2.75) is 66.2 Å². The molecule has 0 spiro atoms. The summed E-state index contributed by atoms with van der Waals surface area (Å²) in [6.07, 6.45) is 5.43. The van der Waals surface area contributed by atoms with E-state index in [1.807, 2.05) is 51.1 Å². The SMILES string of the molecule is C#CC(O)(c1ccccc1)C(C)(C)C.CC(C)N1CCN(C(C)C)CC1. The lowest BCUT2D eigenvalue weighted by Gasteiger charge is -2.38. The minimum atomic E-state index is -1.20.